The number of rotatable bonds is 4. The van der Waals surface area contributed by atoms with Gasteiger partial charge in [-0.1, -0.05) is 6.92 Å². The summed E-state index contributed by atoms with van der Waals surface area (Å²) in [6.45, 7) is 11.9. The van der Waals surface area contributed by atoms with Gasteiger partial charge in [0, 0.05) is 25.7 Å². The molecule has 3 aliphatic heterocycles. The SMILES string of the molecule is CCC1(CN2CC(N3CCC4(CCN(C)CC4)CC3)C2)CC1. The number of hydrogen-bond donors (Lipinski definition) is 0. The highest BCUT2D eigenvalue weighted by Gasteiger charge is 2.46. The fourth-order valence-electron chi connectivity index (χ4n) is 5.13. The molecule has 4 fully saturated rings. The molecule has 0 N–H and O–H groups in total. The van der Waals surface area contributed by atoms with E-state index in [1.165, 1.54) is 90.8 Å². The van der Waals surface area contributed by atoms with Crippen LogP contribution in [0.1, 0.15) is 51.9 Å². The molecule has 0 aromatic carbocycles. The predicted molar refractivity (Wildman–Crippen MR) is 92.2 cm³/mol. The first kappa shape index (κ1) is 15.4. The Kier molecular flexibility index (Phi) is 4.03. The molecule has 4 aliphatic rings. The lowest BCUT2D eigenvalue weighted by Crippen LogP contribution is -2.62. The lowest BCUT2D eigenvalue weighted by Gasteiger charge is -2.52. The van der Waals surface area contributed by atoms with E-state index in [1.807, 2.05) is 0 Å². The van der Waals surface area contributed by atoms with Crippen molar-refractivity contribution in [2.75, 3.05) is 52.9 Å². The molecule has 3 saturated heterocycles. The van der Waals surface area contributed by atoms with Crippen molar-refractivity contribution in [2.45, 2.75) is 57.9 Å². The van der Waals surface area contributed by atoms with Crippen molar-refractivity contribution in [1.82, 2.24) is 14.7 Å². The van der Waals surface area contributed by atoms with Crippen LogP contribution in [0.3, 0.4) is 0 Å². The highest BCUT2D eigenvalue weighted by molar-refractivity contribution is 5.00. The van der Waals surface area contributed by atoms with Crippen LogP contribution >= 0.6 is 0 Å². The quantitative estimate of drug-likeness (QED) is 0.790. The van der Waals surface area contributed by atoms with Gasteiger partial charge in [0.2, 0.25) is 0 Å². The highest BCUT2D eigenvalue weighted by atomic mass is 15.3. The van der Waals surface area contributed by atoms with Crippen LogP contribution in [0, 0.1) is 10.8 Å². The minimum atomic E-state index is 0.715. The molecule has 0 atom stereocenters. The maximum absolute atomic E-state index is 2.82. The summed E-state index contributed by atoms with van der Waals surface area (Å²) in [6.07, 6.45) is 10.2. The number of nitrogens with zero attached hydrogens (tertiary/aromatic N) is 3. The van der Waals surface area contributed by atoms with Crippen LogP contribution in [0.5, 0.6) is 0 Å². The lowest BCUT2D eigenvalue weighted by molar-refractivity contribution is -0.0271. The Morgan fingerprint density at radius 2 is 1.45 bits per heavy atom. The van der Waals surface area contributed by atoms with E-state index in [-0.39, 0.29) is 0 Å². The topological polar surface area (TPSA) is 9.72 Å². The molecule has 3 nitrogen and oxygen atoms in total. The molecular weight excluding hydrogens is 270 g/mol. The van der Waals surface area contributed by atoms with Gasteiger partial charge >= 0.3 is 0 Å². The van der Waals surface area contributed by atoms with E-state index in [0.29, 0.717) is 5.41 Å². The Morgan fingerprint density at radius 3 is 2.00 bits per heavy atom. The normalized spacial score (nSPS) is 33.0. The van der Waals surface area contributed by atoms with Gasteiger partial charge in [0.25, 0.3) is 0 Å². The first-order valence-electron chi connectivity index (χ1n) is 9.77. The summed E-state index contributed by atoms with van der Waals surface area (Å²) in [5.41, 5.74) is 1.46. The van der Waals surface area contributed by atoms with Gasteiger partial charge in [-0.3, -0.25) is 9.80 Å². The van der Waals surface area contributed by atoms with E-state index in [1.54, 1.807) is 0 Å². The van der Waals surface area contributed by atoms with Gasteiger partial charge in [-0.25, -0.2) is 0 Å². The number of piperidine rings is 2. The third-order valence-electron chi connectivity index (χ3n) is 7.63. The summed E-state index contributed by atoms with van der Waals surface area (Å²) in [5, 5.41) is 0. The third-order valence-corrected chi connectivity index (χ3v) is 7.63. The second-order valence-corrected chi connectivity index (χ2v) is 9.04. The van der Waals surface area contributed by atoms with E-state index >= 15 is 0 Å². The van der Waals surface area contributed by atoms with Crippen molar-refractivity contribution >= 4 is 0 Å². The molecule has 0 aromatic heterocycles. The van der Waals surface area contributed by atoms with Gasteiger partial charge in [0.05, 0.1) is 0 Å². The van der Waals surface area contributed by atoms with Gasteiger partial charge in [-0.15, -0.1) is 0 Å². The van der Waals surface area contributed by atoms with E-state index in [0.717, 1.165) is 11.5 Å². The molecule has 1 spiro atoms. The maximum atomic E-state index is 2.82. The standard InChI is InChI=1S/C19H35N3/c1-3-18(4-5-18)16-21-14-17(15-21)22-12-8-19(9-13-22)6-10-20(2)11-7-19/h17H,3-16H2,1-2H3. The molecular formula is C19H35N3. The summed E-state index contributed by atoms with van der Waals surface area (Å²) in [4.78, 5) is 8.08. The van der Waals surface area contributed by atoms with E-state index < -0.39 is 0 Å². The average molecular weight is 306 g/mol. The number of likely N-dealkylation sites (tertiary alicyclic amines) is 3. The largest absolute Gasteiger partial charge is 0.306 e. The monoisotopic (exact) mass is 305 g/mol. The van der Waals surface area contributed by atoms with Crippen molar-refractivity contribution in [1.29, 1.82) is 0 Å². The van der Waals surface area contributed by atoms with E-state index in [2.05, 4.69) is 28.7 Å². The van der Waals surface area contributed by atoms with E-state index in [4.69, 9.17) is 0 Å². The Balaban J connectivity index is 1.21. The Hall–Kier alpha value is -0.120. The average Bonchev–Trinajstić information content (AvgIpc) is 3.28. The highest BCUT2D eigenvalue weighted by Crippen LogP contribution is 2.50. The smallest absolute Gasteiger partial charge is 0.0350 e. The van der Waals surface area contributed by atoms with Gasteiger partial charge in [-0.05, 0) is 89.0 Å². The molecule has 22 heavy (non-hydrogen) atoms. The summed E-state index contributed by atoms with van der Waals surface area (Å²) >= 11 is 0. The van der Waals surface area contributed by atoms with Crippen LogP contribution in [0.25, 0.3) is 0 Å². The summed E-state index contributed by atoms with van der Waals surface area (Å²) in [6, 6.07) is 0.885. The minimum Gasteiger partial charge on any atom is -0.306 e. The number of hydrogen-bond acceptors (Lipinski definition) is 3. The molecule has 3 heterocycles. The fraction of sp³-hybridized carbons (Fsp3) is 1.00. The molecule has 3 heteroatoms. The Morgan fingerprint density at radius 1 is 0.864 bits per heavy atom. The Labute approximate surface area is 137 Å². The van der Waals surface area contributed by atoms with Crippen LogP contribution in [-0.4, -0.2) is 73.6 Å². The van der Waals surface area contributed by atoms with Gasteiger partial charge in [-0.2, -0.15) is 0 Å². The fourth-order valence-corrected chi connectivity index (χ4v) is 5.13. The maximum Gasteiger partial charge on any atom is 0.0350 e. The third kappa shape index (κ3) is 2.97. The second kappa shape index (κ2) is 5.75. The lowest BCUT2D eigenvalue weighted by atomic mass is 9.71. The Bertz CT molecular complexity index is 379. The molecule has 0 radical (unpaired) electrons. The van der Waals surface area contributed by atoms with Crippen molar-refractivity contribution in [2.24, 2.45) is 10.8 Å². The van der Waals surface area contributed by atoms with Crippen molar-refractivity contribution < 1.29 is 0 Å². The van der Waals surface area contributed by atoms with Crippen LogP contribution in [0.4, 0.5) is 0 Å². The predicted octanol–water partition coefficient (Wildman–Crippen LogP) is 2.67. The second-order valence-electron chi connectivity index (χ2n) is 9.04. The molecule has 0 bridgehead atoms. The van der Waals surface area contributed by atoms with Gasteiger partial charge in [0.1, 0.15) is 0 Å². The summed E-state index contributed by atoms with van der Waals surface area (Å²) < 4.78 is 0. The molecule has 4 rings (SSSR count). The van der Waals surface area contributed by atoms with Crippen LogP contribution in [0.2, 0.25) is 0 Å². The van der Waals surface area contributed by atoms with Crippen LogP contribution < -0.4 is 0 Å². The van der Waals surface area contributed by atoms with Crippen molar-refractivity contribution in [3.8, 4) is 0 Å². The zero-order valence-corrected chi connectivity index (χ0v) is 14.8. The first-order valence-corrected chi connectivity index (χ1v) is 9.77. The minimum absolute atomic E-state index is 0.715. The molecule has 0 aromatic rings. The van der Waals surface area contributed by atoms with Crippen molar-refractivity contribution in [3.05, 3.63) is 0 Å². The molecule has 0 amide bonds. The zero-order chi connectivity index (χ0) is 15.2. The summed E-state index contributed by atoms with van der Waals surface area (Å²) in [5.74, 6) is 0. The van der Waals surface area contributed by atoms with Crippen molar-refractivity contribution in [3.63, 3.8) is 0 Å². The molecule has 126 valence electrons. The van der Waals surface area contributed by atoms with Crippen LogP contribution in [-0.2, 0) is 0 Å². The van der Waals surface area contributed by atoms with Gasteiger partial charge in [0.15, 0.2) is 0 Å². The molecule has 1 aliphatic carbocycles. The first-order chi connectivity index (χ1) is 10.6. The molecule has 1 saturated carbocycles. The summed E-state index contributed by atoms with van der Waals surface area (Å²) in [7, 11) is 2.29. The van der Waals surface area contributed by atoms with E-state index in [9.17, 15) is 0 Å². The van der Waals surface area contributed by atoms with Gasteiger partial charge < -0.3 is 4.90 Å². The molecule has 0 unspecified atom stereocenters. The van der Waals surface area contributed by atoms with Crippen LogP contribution in [0.15, 0.2) is 0 Å². The zero-order valence-electron chi connectivity index (χ0n) is 14.8.